The molecule has 0 unspecified atom stereocenters. The first-order valence-corrected chi connectivity index (χ1v) is 9.14. The first-order valence-electron chi connectivity index (χ1n) is 9.14. The zero-order valence-corrected chi connectivity index (χ0v) is 16.1. The normalized spacial score (nSPS) is 11.1. The lowest BCUT2D eigenvalue weighted by Crippen LogP contribution is -2.25. The molecule has 4 aromatic rings. The Labute approximate surface area is 170 Å². The minimum atomic E-state index is -0.445. The largest absolute Gasteiger partial charge is 0.295 e. The van der Waals surface area contributed by atoms with E-state index in [1.54, 1.807) is 6.92 Å². The molecule has 0 saturated heterocycles. The molecule has 1 amide bonds. The van der Waals surface area contributed by atoms with Gasteiger partial charge in [-0.25, -0.2) is 10.1 Å². The van der Waals surface area contributed by atoms with Crippen molar-refractivity contribution in [3.63, 3.8) is 0 Å². The average Bonchev–Trinajstić information content (AvgIpc) is 3.34. The number of carbonyl (C=O) groups is 1. The molecule has 0 radical (unpaired) electrons. The zero-order chi connectivity index (χ0) is 20.9. The van der Waals surface area contributed by atoms with Gasteiger partial charge < -0.3 is 0 Å². The topological polar surface area (TPSA) is 123 Å². The van der Waals surface area contributed by atoms with Crippen LogP contribution in [0.2, 0.25) is 0 Å². The fraction of sp³-hybridized carbons (Fsp3) is 0.100. The lowest BCUT2D eigenvalue weighted by atomic mass is 10.2. The molecule has 4 rings (SSSR count). The van der Waals surface area contributed by atoms with Gasteiger partial charge in [0.2, 0.25) is 5.82 Å². The molecule has 0 bridgehead atoms. The predicted octanol–water partition coefficient (Wildman–Crippen LogP) is 1.28. The number of carbonyl (C=O) groups excluding carboxylic acids is 1. The van der Waals surface area contributed by atoms with E-state index < -0.39 is 5.91 Å². The fourth-order valence-corrected chi connectivity index (χ4v) is 2.82. The summed E-state index contributed by atoms with van der Waals surface area (Å²) in [6.07, 6.45) is 1.32. The van der Waals surface area contributed by atoms with Crippen LogP contribution in [0.15, 0.2) is 70.6 Å². The maximum Gasteiger partial charge on any atom is 0.280 e. The second-order valence-corrected chi connectivity index (χ2v) is 6.43. The molecule has 10 heteroatoms. The van der Waals surface area contributed by atoms with Crippen molar-refractivity contribution in [1.82, 2.24) is 35.4 Å². The van der Waals surface area contributed by atoms with E-state index in [2.05, 4.69) is 31.0 Å². The van der Waals surface area contributed by atoms with Gasteiger partial charge in [-0.3, -0.25) is 14.7 Å². The number of aromatic nitrogens is 6. The van der Waals surface area contributed by atoms with Gasteiger partial charge in [0.15, 0.2) is 0 Å². The van der Waals surface area contributed by atoms with Gasteiger partial charge in [-0.05, 0) is 24.3 Å². The number of aryl methyl sites for hydroxylation is 1. The number of benzene rings is 2. The Balaban J connectivity index is 1.41. The standard InChI is InChI=1S/C20H18N8O2/c1-14-17(20(30)28(24-14)16-10-6-3-7-11-16)12-21-22-18(29)13-27-25-19(23-26-27)15-8-4-2-5-9-15/h2-12,24H,13H2,1H3,(H,22,29). The minimum absolute atomic E-state index is 0.155. The van der Waals surface area contributed by atoms with Crippen molar-refractivity contribution in [2.45, 2.75) is 13.5 Å². The minimum Gasteiger partial charge on any atom is -0.295 e. The van der Waals surface area contributed by atoms with E-state index in [0.717, 1.165) is 5.56 Å². The molecule has 30 heavy (non-hydrogen) atoms. The van der Waals surface area contributed by atoms with E-state index in [9.17, 15) is 9.59 Å². The molecule has 10 nitrogen and oxygen atoms in total. The number of tetrazole rings is 1. The van der Waals surface area contributed by atoms with Crippen LogP contribution in [0.3, 0.4) is 0 Å². The summed E-state index contributed by atoms with van der Waals surface area (Å²) in [5.74, 6) is -0.0175. The first-order chi connectivity index (χ1) is 14.6. The van der Waals surface area contributed by atoms with E-state index in [4.69, 9.17) is 0 Å². The van der Waals surface area contributed by atoms with E-state index in [-0.39, 0.29) is 12.1 Å². The molecule has 0 saturated carbocycles. The molecule has 0 spiro atoms. The van der Waals surface area contributed by atoms with Crippen LogP contribution in [-0.2, 0) is 11.3 Å². The quantitative estimate of drug-likeness (QED) is 0.371. The number of hydrazone groups is 1. The summed E-state index contributed by atoms with van der Waals surface area (Å²) in [5.41, 5.74) is 4.61. The van der Waals surface area contributed by atoms with Crippen LogP contribution in [0.25, 0.3) is 17.1 Å². The Morgan fingerprint density at radius 1 is 1.13 bits per heavy atom. The number of amides is 1. The van der Waals surface area contributed by atoms with Gasteiger partial charge in [-0.15, -0.1) is 10.2 Å². The van der Waals surface area contributed by atoms with Gasteiger partial charge in [0.25, 0.3) is 11.5 Å². The summed E-state index contributed by atoms with van der Waals surface area (Å²) in [5, 5.41) is 18.9. The SMILES string of the molecule is Cc1[nH]n(-c2ccccc2)c(=O)c1C=NNC(=O)Cn1nnc(-c2ccccc2)n1. The zero-order valence-electron chi connectivity index (χ0n) is 16.1. The second-order valence-electron chi connectivity index (χ2n) is 6.43. The van der Waals surface area contributed by atoms with Crippen molar-refractivity contribution >= 4 is 12.1 Å². The highest BCUT2D eigenvalue weighted by Gasteiger charge is 2.11. The third kappa shape index (κ3) is 4.07. The summed E-state index contributed by atoms with van der Waals surface area (Å²) < 4.78 is 1.42. The third-order valence-corrected chi connectivity index (χ3v) is 4.28. The molecule has 0 aliphatic carbocycles. The van der Waals surface area contributed by atoms with Crippen molar-refractivity contribution in [1.29, 1.82) is 0 Å². The van der Waals surface area contributed by atoms with Crippen molar-refractivity contribution in [2.75, 3.05) is 0 Å². The smallest absolute Gasteiger partial charge is 0.280 e. The molecule has 2 aromatic carbocycles. The van der Waals surface area contributed by atoms with Gasteiger partial charge in [0, 0.05) is 11.3 Å². The molecule has 2 heterocycles. The van der Waals surface area contributed by atoms with E-state index in [1.165, 1.54) is 15.7 Å². The Morgan fingerprint density at radius 3 is 2.57 bits per heavy atom. The first kappa shape index (κ1) is 19.0. The maximum atomic E-state index is 12.6. The van der Waals surface area contributed by atoms with E-state index in [0.29, 0.717) is 22.8 Å². The predicted molar refractivity (Wildman–Crippen MR) is 110 cm³/mol. The third-order valence-electron chi connectivity index (χ3n) is 4.28. The van der Waals surface area contributed by atoms with Gasteiger partial charge in [-0.1, -0.05) is 48.5 Å². The van der Waals surface area contributed by atoms with Crippen molar-refractivity contribution in [2.24, 2.45) is 5.10 Å². The van der Waals surface area contributed by atoms with Crippen LogP contribution in [0, 0.1) is 6.92 Å². The monoisotopic (exact) mass is 402 g/mol. The molecule has 150 valence electrons. The number of hydrogen-bond donors (Lipinski definition) is 2. The van der Waals surface area contributed by atoms with Crippen LogP contribution in [0.5, 0.6) is 0 Å². The Kier molecular flexibility index (Phi) is 5.29. The lowest BCUT2D eigenvalue weighted by molar-refractivity contribution is -0.122. The molecular weight excluding hydrogens is 384 g/mol. The molecule has 0 aliphatic rings. The fourth-order valence-electron chi connectivity index (χ4n) is 2.82. The Bertz CT molecular complexity index is 1240. The number of nitrogens with zero attached hydrogens (tertiary/aromatic N) is 6. The van der Waals surface area contributed by atoms with Crippen molar-refractivity contribution in [3.8, 4) is 17.1 Å². The van der Waals surface area contributed by atoms with Gasteiger partial charge in [-0.2, -0.15) is 9.90 Å². The number of aromatic amines is 1. The van der Waals surface area contributed by atoms with E-state index in [1.807, 2.05) is 60.7 Å². The van der Waals surface area contributed by atoms with Crippen LogP contribution in [0.4, 0.5) is 0 Å². The van der Waals surface area contributed by atoms with Crippen molar-refractivity contribution in [3.05, 3.63) is 82.3 Å². The maximum absolute atomic E-state index is 12.6. The number of para-hydroxylation sites is 1. The number of rotatable bonds is 6. The number of hydrogen-bond acceptors (Lipinski definition) is 6. The van der Waals surface area contributed by atoms with E-state index >= 15 is 0 Å². The molecular formula is C20H18N8O2. The summed E-state index contributed by atoms with van der Waals surface area (Å²) in [4.78, 5) is 25.9. The molecule has 0 atom stereocenters. The Hall–Kier alpha value is -4.34. The second kappa shape index (κ2) is 8.35. The molecule has 0 fully saturated rings. The number of nitrogens with one attached hydrogen (secondary N) is 2. The lowest BCUT2D eigenvalue weighted by Gasteiger charge is -1.99. The van der Waals surface area contributed by atoms with Gasteiger partial charge >= 0.3 is 0 Å². The molecule has 0 aliphatic heterocycles. The summed E-state index contributed by atoms with van der Waals surface area (Å²) >= 11 is 0. The number of H-pyrrole nitrogens is 1. The highest BCUT2D eigenvalue weighted by atomic mass is 16.2. The summed E-state index contributed by atoms with van der Waals surface area (Å²) in [6.45, 7) is 1.60. The van der Waals surface area contributed by atoms with Crippen molar-refractivity contribution < 1.29 is 4.79 Å². The van der Waals surface area contributed by atoms with Gasteiger partial charge in [0.05, 0.1) is 17.5 Å². The van der Waals surface area contributed by atoms with Crippen LogP contribution in [-0.4, -0.2) is 42.1 Å². The molecule has 2 aromatic heterocycles. The van der Waals surface area contributed by atoms with Crippen LogP contribution >= 0.6 is 0 Å². The highest BCUT2D eigenvalue weighted by molar-refractivity contribution is 5.83. The van der Waals surface area contributed by atoms with Crippen LogP contribution in [0.1, 0.15) is 11.3 Å². The average molecular weight is 402 g/mol. The Morgan fingerprint density at radius 2 is 1.83 bits per heavy atom. The summed E-state index contributed by atoms with van der Waals surface area (Å²) in [7, 11) is 0. The van der Waals surface area contributed by atoms with Gasteiger partial charge in [0.1, 0.15) is 6.54 Å². The summed E-state index contributed by atoms with van der Waals surface area (Å²) in [6, 6.07) is 18.5. The molecule has 2 N–H and O–H groups in total. The highest BCUT2D eigenvalue weighted by Crippen LogP contribution is 2.11. The van der Waals surface area contributed by atoms with Crippen LogP contribution < -0.4 is 11.0 Å².